The van der Waals surface area contributed by atoms with Gasteiger partial charge in [0, 0.05) is 39.1 Å². The van der Waals surface area contributed by atoms with Crippen LogP contribution in [0.25, 0.3) is 77.0 Å². The summed E-state index contributed by atoms with van der Waals surface area (Å²) in [7, 11) is 0. The Morgan fingerprint density at radius 2 is 1.10 bits per heavy atom. The van der Waals surface area contributed by atoms with Gasteiger partial charge in [-0.3, -0.25) is 4.57 Å². The number of pyridine rings is 1. The Labute approximate surface area is 242 Å². The van der Waals surface area contributed by atoms with Gasteiger partial charge in [0.2, 0.25) is 0 Å². The largest absolute Gasteiger partial charge is 0.309 e. The second-order valence-electron chi connectivity index (χ2n) is 10.9. The van der Waals surface area contributed by atoms with Crippen LogP contribution in [0.5, 0.6) is 0 Å². The van der Waals surface area contributed by atoms with E-state index in [1.165, 1.54) is 54.8 Å². The Morgan fingerprint density at radius 3 is 2.02 bits per heavy atom. The number of hydrogen-bond acceptors (Lipinski definition) is 1. The molecule has 0 amide bonds. The Morgan fingerprint density at radius 1 is 0.381 bits per heavy atom. The van der Waals surface area contributed by atoms with Gasteiger partial charge in [0.15, 0.2) is 0 Å². The van der Waals surface area contributed by atoms with Gasteiger partial charge in [-0.1, -0.05) is 84.9 Å². The molecule has 0 spiro atoms. The molecule has 9 aromatic rings. The highest BCUT2D eigenvalue weighted by Crippen LogP contribution is 2.38. The molecule has 0 radical (unpaired) electrons. The van der Waals surface area contributed by atoms with Crippen molar-refractivity contribution < 1.29 is 0 Å². The molecule has 3 aromatic heterocycles. The van der Waals surface area contributed by atoms with Crippen LogP contribution in [0.15, 0.2) is 152 Å². The normalized spacial score (nSPS) is 11.8. The average molecular weight is 536 g/mol. The Bertz CT molecular complexity index is 2460. The first-order chi connectivity index (χ1) is 20.8. The number of aromatic nitrogens is 3. The van der Waals surface area contributed by atoms with Crippen molar-refractivity contribution in [1.29, 1.82) is 0 Å². The topological polar surface area (TPSA) is 22.8 Å². The fourth-order valence-corrected chi connectivity index (χ4v) is 6.61. The molecule has 9 rings (SSSR count). The highest BCUT2D eigenvalue weighted by atomic mass is 15.0. The van der Waals surface area contributed by atoms with Gasteiger partial charge < -0.3 is 4.57 Å². The van der Waals surface area contributed by atoms with Crippen molar-refractivity contribution in [2.75, 3.05) is 0 Å². The maximum atomic E-state index is 4.78. The lowest BCUT2D eigenvalue weighted by molar-refractivity contribution is 1.14. The summed E-state index contributed by atoms with van der Waals surface area (Å²) in [5, 5.41) is 7.38. The molecule has 196 valence electrons. The molecular formula is C39H25N3. The van der Waals surface area contributed by atoms with Crippen molar-refractivity contribution in [3.05, 3.63) is 152 Å². The fourth-order valence-electron chi connectivity index (χ4n) is 6.61. The predicted octanol–water partition coefficient (Wildman–Crippen LogP) is 10.1. The van der Waals surface area contributed by atoms with Gasteiger partial charge in [0.1, 0.15) is 5.65 Å². The van der Waals surface area contributed by atoms with E-state index in [1.54, 1.807) is 0 Å². The van der Waals surface area contributed by atoms with Crippen molar-refractivity contribution >= 4 is 54.5 Å². The number of fused-ring (bicyclic) bond motifs is 7. The minimum absolute atomic E-state index is 0.977. The third kappa shape index (κ3) is 3.37. The third-order valence-corrected chi connectivity index (χ3v) is 8.54. The maximum absolute atomic E-state index is 4.78. The van der Waals surface area contributed by atoms with Crippen LogP contribution in [0.2, 0.25) is 0 Å². The molecule has 6 aromatic carbocycles. The van der Waals surface area contributed by atoms with E-state index in [4.69, 9.17) is 4.98 Å². The molecular weight excluding hydrogens is 510 g/mol. The molecule has 0 saturated carbocycles. The first-order valence-electron chi connectivity index (χ1n) is 14.3. The van der Waals surface area contributed by atoms with E-state index in [2.05, 4.69) is 149 Å². The van der Waals surface area contributed by atoms with E-state index >= 15 is 0 Å². The summed E-state index contributed by atoms with van der Waals surface area (Å²) in [5.74, 6) is 0. The van der Waals surface area contributed by atoms with E-state index in [9.17, 15) is 0 Å². The summed E-state index contributed by atoms with van der Waals surface area (Å²) >= 11 is 0. The SMILES string of the molecule is c1ccc(-n2c3cc(-c4ccc5c(c4)c4ccccc4n5-c4ccc5ccccc5c4)ccc3c3cccnc32)cc1. The zero-order chi connectivity index (χ0) is 27.6. The van der Waals surface area contributed by atoms with Crippen LogP contribution in [0, 0.1) is 0 Å². The first-order valence-corrected chi connectivity index (χ1v) is 14.3. The van der Waals surface area contributed by atoms with Crippen LogP contribution in [-0.2, 0) is 0 Å². The summed E-state index contributed by atoms with van der Waals surface area (Å²) in [6.07, 6.45) is 1.88. The molecule has 0 saturated heterocycles. The van der Waals surface area contributed by atoms with Crippen LogP contribution in [0.1, 0.15) is 0 Å². The number of hydrogen-bond donors (Lipinski definition) is 0. The minimum atomic E-state index is 0.977. The number of nitrogens with zero attached hydrogens (tertiary/aromatic N) is 3. The molecule has 0 bridgehead atoms. The lowest BCUT2D eigenvalue weighted by atomic mass is 10.0. The highest BCUT2D eigenvalue weighted by Gasteiger charge is 2.16. The monoisotopic (exact) mass is 535 g/mol. The first kappa shape index (κ1) is 23.1. The van der Waals surface area contributed by atoms with E-state index in [-0.39, 0.29) is 0 Å². The third-order valence-electron chi connectivity index (χ3n) is 8.54. The van der Waals surface area contributed by atoms with E-state index in [1.807, 2.05) is 12.3 Å². The van der Waals surface area contributed by atoms with Crippen LogP contribution in [0.4, 0.5) is 0 Å². The van der Waals surface area contributed by atoms with Crippen molar-refractivity contribution in [2.24, 2.45) is 0 Å². The van der Waals surface area contributed by atoms with Crippen molar-refractivity contribution in [3.63, 3.8) is 0 Å². The molecule has 0 fully saturated rings. The second kappa shape index (κ2) is 8.92. The molecule has 3 nitrogen and oxygen atoms in total. The van der Waals surface area contributed by atoms with Gasteiger partial charge in [-0.15, -0.1) is 0 Å². The molecule has 0 aliphatic heterocycles. The lowest BCUT2D eigenvalue weighted by Crippen LogP contribution is -1.95. The van der Waals surface area contributed by atoms with Crippen LogP contribution >= 0.6 is 0 Å². The molecule has 0 atom stereocenters. The number of benzene rings is 6. The predicted molar refractivity (Wildman–Crippen MR) is 176 cm³/mol. The van der Waals surface area contributed by atoms with E-state index in [0.29, 0.717) is 0 Å². The quantitative estimate of drug-likeness (QED) is 0.221. The Hall–Kier alpha value is -5.67. The summed E-state index contributed by atoms with van der Waals surface area (Å²) in [6, 6.07) is 52.4. The smallest absolute Gasteiger partial charge is 0.145 e. The lowest BCUT2D eigenvalue weighted by Gasteiger charge is -2.10. The molecule has 3 heteroatoms. The van der Waals surface area contributed by atoms with Gasteiger partial charge in [-0.05, 0) is 82.6 Å². The number of para-hydroxylation sites is 2. The van der Waals surface area contributed by atoms with E-state index in [0.717, 1.165) is 22.2 Å². The standard InChI is InChI=1S/C39H25N3/c1-2-11-30(12-3-1)42-38-25-29(17-20-33(38)34-14-8-22-40-39(34)42)28-18-21-37-35(24-28)32-13-6-7-15-36(32)41(37)31-19-16-26-9-4-5-10-27(26)23-31/h1-25H. The minimum Gasteiger partial charge on any atom is -0.309 e. The molecule has 42 heavy (non-hydrogen) atoms. The number of rotatable bonds is 3. The zero-order valence-electron chi connectivity index (χ0n) is 22.8. The summed E-state index contributed by atoms with van der Waals surface area (Å²) < 4.78 is 4.67. The molecule has 0 unspecified atom stereocenters. The Kier molecular flexibility index (Phi) is 4.90. The second-order valence-corrected chi connectivity index (χ2v) is 10.9. The van der Waals surface area contributed by atoms with Gasteiger partial charge in [-0.2, -0.15) is 0 Å². The Balaban J connectivity index is 1.27. The van der Waals surface area contributed by atoms with Crippen LogP contribution in [-0.4, -0.2) is 14.1 Å². The zero-order valence-corrected chi connectivity index (χ0v) is 22.8. The van der Waals surface area contributed by atoms with E-state index < -0.39 is 0 Å². The summed E-state index contributed by atoms with van der Waals surface area (Å²) in [5.41, 5.74) is 9.23. The molecule has 0 aliphatic carbocycles. The van der Waals surface area contributed by atoms with Crippen LogP contribution in [0.3, 0.4) is 0 Å². The van der Waals surface area contributed by atoms with Gasteiger partial charge in [0.05, 0.1) is 16.6 Å². The van der Waals surface area contributed by atoms with Gasteiger partial charge >= 0.3 is 0 Å². The van der Waals surface area contributed by atoms with Crippen LogP contribution < -0.4 is 0 Å². The maximum Gasteiger partial charge on any atom is 0.145 e. The molecule has 3 heterocycles. The van der Waals surface area contributed by atoms with Crippen molar-refractivity contribution in [1.82, 2.24) is 14.1 Å². The summed E-state index contributed by atoms with van der Waals surface area (Å²) in [4.78, 5) is 4.78. The van der Waals surface area contributed by atoms with Crippen molar-refractivity contribution in [3.8, 4) is 22.5 Å². The molecule has 0 N–H and O–H groups in total. The average Bonchev–Trinajstić information content (AvgIpc) is 3.57. The molecule has 0 aliphatic rings. The van der Waals surface area contributed by atoms with Crippen molar-refractivity contribution in [2.45, 2.75) is 0 Å². The van der Waals surface area contributed by atoms with Gasteiger partial charge in [0.25, 0.3) is 0 Å². The van der Waals surface area contributed by atoms with Gasteiger partial charge in [-0.25, -0.2) is 4.98 Å². The summed E-state index contributed by atoms with van der Waals surface area (Å²) in [6.45, 7) is 0. The fraction of sp³-hybridized carbons (Fsp3) is 0. The highest BCUT2D eigenvalue weighted by molar-refractivity contribution is 6.12.